The van der Waals surface area contributed by atoms with Crippen molar-refractivity contribution in [1.29, 1.82) is 0 Å². The zero-order chi connectivity index (χ0) is 15.8. The summed E-state index contributed by atoms with van der Waals surface area (Å²) in [6.07, 6.45) is 1.71. The molecular weight excluding hydrogens is 268 g/mol. The number of allylic oxidation sites excluding steroid dienone is 1. The molecule has 0 aromatic heterocycles. The van der Waals surface area contributed by atoms with E-state index in [2.05, 4.69) is 6.58 Å². The number of carboxylic acid groups (broad SMARTS) is 1. The van der Waals surface area contributed by atoms with Crippen molar-refractivity contribution >= 4 is 11.9 Å². The van der Waals surface area contributed by atoms with Crippen LogP contribution in [0.5, 0.6) is 0 Å². The van der Waals surface area contributed by atoms with Gasteiger partial charge in [0, 0.05) is 19.6 Å². The summed E-state index contributed by atoms with van der Waals surface area (Å²) in [5.41, 5.74) is 7.02. The summed E-state index contributed by atoms with van der Waals surface area (Å²) >= 11 is 0. The molecule has 2 atom stereocenters. The van der Waals surface area contributed by atoms with Gasteiger partial charge < -0.3 is 15.7 Å². The lowest BCUT2D eigenvalue weighted by molar-refractivity contribution is -0.144. The predicted octanol–water partition coefficient (Wildman–Crippen LogP) is 1.81. The molecule has 0 radical (unpaired) electrons. The first kappa shape index (κ1) is 16.9. The molecule has 3 N–H and O–H groups in total. The van der Waals surface area contributed by atoms with E-state index < -0.39 is 11.9 Å². The molecule has 5 heteroatoms. The second-order valence-corrected chi connectivity index (χ2v) is 5.06. The van der Waals surface area contributed by atoms with Crippen LogP contribution in [-0.2, 0) is 9.59 Å². The highest BCUT2D eigenvalue weighted by atomic mass is 16.4. The standard InChI is InChI=1S/C16H22N2O3/c1-3-7-13(10-15(19)20)16(21)18(2)11-14(17)12-8-5-4-6-9-12/h3-6,8-9,13-14H,1,7,10-11,17H2,2H3,(H,19,20)/t13-,14+/m0/s1. The normalized spacial score (nSPS) is 13.2. The molecule has 0 bridgehead atoms. The SMILES string of the molecule is C=CC[C@@H](CC(=O)O)C(=O)N(C)C[C@@H](N)c1ccccc1. The van der Waals surface area contributed by atoms with E-state index in [4.69, 9.17) is 10.8 Å². The average Bonchev–Trinajstić information content (AvgIpc) is 2.46. The number of carbonyl (C=O) groups is 2. The van der Waals surface area contributed by atoms with E-state index in [1.54, 1.807) is 13.1 Å². The van der Waals surface area contributed by atoms with Crippen molar-refractivity contribution in [3.8, 4) is 0 Å². The lowest BCUT2D eigenvalue weighted by Crippen LogP contribution is -2.38. The van der Waals surface area contributed by atoms with Gasteiger partial charge in [-0.25, -0.2) is 0 Å². The van der Waals surface area contributed by atoms with Gasteiger partial charge in [0.25, 0.3) is 0 Å². The number of hydrogen-bond acceptors (Lipinski definition) is 3. The minimum Gasteiger partial charge on any atom is -0.481 e. The van der Waals surface area contributed by atoms with Gasteiger partial charge in [0.2, 0.25) is 5.91 Å². The summed E-state index contributed by atoms with van der Waals surface area (Å²) in [5.74, 6) is -1.80. The summed E-state index contributed by atoms with van der Waals surface area (Å²) in [5, 5.41) is 8.87. The van der Waals surface area contributed by atoms with Crippen molar-refractivity contribution in [2.24, 2.45) is 11.7 Å². The summed E-state index contributed by atoms with van der Waals surface area (Å²) in [6, 6.07) is 9.19. The Morgan fingerprint density at radius 1 is 1.38 bits per heavy atom. The molecule has 0 aliphatic carbocycles. The number of nitrogens with two attached hydrogens (primary N) is 1. The lowest BCUT2D eigenvalue weighted by atomic mass is 9.99. The molecule has 0 fully saturated rings. The predicted molar refractivity (Wildman–Crippen MR) is 81.6 cm³/mol. The summed E-state index contributed by atoms with van der Waals surface area (Å²) in [7, 11) is 1.64. The fraction of sp³-hybridized carbons (Fsp3) is 0.375. The molecule has 0 aliphatic heterocycles. The van der Waals surface area contributed by atoms with Gasteiger partial charge in [-0.15, -0.1) is 6.58 Å². The van der Waals surface area contributed by atoms with Gasteiger partial charge in [-0.3, -0.25) is 9.59 Å². The number of aliphatic carboxylic acids is 1. The number of carboxylic acids is 1. The van der Waals surface area contributed by atoms with E-state index in [1.807, 2.05) is 30.3 Å². The molecule has 0 unspecified atom stereocenters. The van der Waals surface area contributed by atoms with Crippen LogP contribution in [0.2, 0.25) is 0 Å². The third kappa shape index (κ3) is 5.39. The zero-order valence-corrected chi connectivity index (χ0v) is 12.2. The van der Waals surface area contributed by atoms with E-state index in [0.717, 1.165) is 5.56 Å². The Balaban J connectivity index is 2.67. The molecule has 0 saturated heterocycles. The lowest BCUT2D eigenvalue weighted by Gasteiger charge is -2.25. The van der Waals surface area contributed by atoms with Crippen LogP contribution in [-0.4, -0.2) is 35.5 Å². The number of benzene rings is 1. The molecule has 0 saturated carbocycles. The van der Waals surface area contributed by atoms with Gasteiger partial charge in [-0.1, -0.05) is 36.4 Å². The molecule has 0 spiro atoms. The maximum Gasteiger partial charge on any atom is 0.304 e. The van der Waals surface area contributed by atoms with Gasteiger partial charge in [0.1, 0.15) is 0 Å². The highest BCUT2D eigenvalue weighted by molar-refractivity contribution is 5.83. The monoisotopic (exact) mass is 290 g/mol. The Morgan fingerprint density at radius 2 is 2.00 bits per heavy atom. The quantitative estimate of drug-likeness (QED) is 0.715. The number of rotatable bonds is 8. The first-order valence-electron chi connectivity index (χ1n) is 6.84. The van der Waals surface area contributed by atoms with Crippen molar-refractivity contribution in [2.45, 2.75) is 18.9 Å². The Bertz CT molecular complexity index is 488. The fourth-order valence-electron chi connectivity index (χ4n) is 2.19. The minimum atomic E-state index is -0.990. The average molecular weight is 290 g/mol. The third-order valence-corrected chi connectivity index (χ3v) is 3.30. The molecule has 1 rings (SSSR count). The molecule has 114 valence electrons. The van der Waals surface area contributed by atoms with Crippen LogP contribution in [0.1, 0.15) is 24.4 Å². The highest BCUT2D eigenvalue weighted by Crippen LogP contribution is 2.16. The second-order valence-electron chi connectivity index (χ2n) is 5.06. The summed E-state index contributed by atoms with van der Waals surface area (Å²) < 4.78 is 0. The van der Waals surface area contributed by atoms with Crippen LogP contribution in [0.3, 0.4) is 0 Å². The Labute approximate surface area is 125 Å². The molecule has 1 aromatic carbocycles. The topological polar surface area (TPSA) is 83.6 Å². The van der Waals surface area contributed by atoms with Crippen molar-refractivity contribution < 1.29 is 14.7 Å². The maximum absolute atomic E-state index is 12.3. The molecule has 0 heterocycles. The number of nitrogens with zero attached hydrogens (tertiary/aromatic N) is 1. The van der Waals surface area contributed by atoms with Gasteiger partial charge in [-0.05, 0) is 12.0 Å². The molecule has 1 amide bonds. The molecule has 0 aliphatic rings. The molecule has 1 aromatic rings. The maximum atomic E-state index is 12.3. The smallest absolute Gasteiger partial charge is 0.304 e. The van der Waals surface area contributed by atoms with Crippen molar-refractivity contribution in [1.82, 2.24) is 4.90 Å². The zero-order valence-electron chi connectivity index (χ0n) is 12.2. The molecular formula is C16H22N2O3. The third-order valence-electron chi connectivity index (χ3n) is 3.30. The van der Waals surface area contributed by atoms with Crippen molar-refractivity contribution in [2.75, 3.05) is 13.6 Å². The largest absolute Gasteiger partial charge is 0.481 e. The van der Waals surface area contributed by atoms with Crippen LogP contribution in [0, 0.1) is 5.92 Å². The van der Waals surface area contributed by atoms with Crippen molar-refractivity contribution in [3.63, 3.8) is 0 Å². The van der Waals surface area contributed by atoms with Crippen LogP contribution in [0.15, 0.2) is 43.0 Å². The number of amides is 1. The van der Waals surface area contributed by atoms with Crippen LogP contribution in [0.4, 0.5) is 0 Å². The number of hydrogen-bond donors (Lipinski definition) is 2. The van der Waals surface area contributed by atoms with E-state index in [-0.39, 0.29) is 18.4 Å². The number of carbonyl (C=O) groups excluding carboxylic acids is 1. The Kier molecular flexibility index (Phi) is 6.62. The van der Waals surface area contributed by atoms with E-state index in [0.29, 0.717) is 13.0 Å². The van der Waals surface area contributed by atoms with Gasteiger partial charge in [0.05, 0.1) is 12.3 Å². The first-order valence-corrected chi connectivity index (χ1v) is 6.84. The van der Waals surface area contributed by atoms with Crippen LogP contribution < -0.4 is 5.73 Å². The van der Waals surface area contributed by atoms with E-state index >= 15 is 0 Å². The van der Waals surface area contributed by atoms with Crippen LogP contribution in [0.25, 0.3) is 0 Å². The number of likely N-dealkylation sites (N-methyl/N-ethyl adjacent to an activating group) is 1. The van der Waals surface area contributed by atoms with E-state index in [9.17, 15) is 9.59 Å². The van der Waals surface area contributed by atoms with Crippen molar-refractivity contribution in [3.05, 3.63) is 48.6 Å². The van der Waals surface area contributed by atoms with Gasteiger partial charge in [-0.2, -0.15) is 0 Å². The highest BCUT2D eigenvalue weighted by Gasteiger charge is 2.24. The molecule has 21 heavy (non-hydrogen) atoms. The minimum absolute atomic E-state index is 0.199. The molecule has 5 nitrogen and oxygen atoms in total. The Hall–Kier alpha value is -2.14. The van der Waals surface area contributed by atoms with Gasteiger partial charge >= 0.3 is 5.97 Å². The second kappa shape index (κ2) is 8.21. The Morgan fingerprint density at radius 3 is 2.52 bits per heavy atom. The summed E-state index contributed by atoms with van der Waals surface area (Å²) in [4.78, 5) is 24.6. The van der Waals surface area contributed by atoms with E-state index in [1.165, 1.54) is 4.90 Å². The van der Waals surface area contributed by atoms with Crippen LogP contribution >= 0.6 is 0 Å². The summed E-state index contributed by atoms with van der Waals surface area (Å²) in [6.45, 7) is 3.91. The first-order chi connectivity index (χ1) is 9.95. The van der Waals surface area contributed by atoms with Gasteiger partial charge in [0.15, 0.2) is 0 Å². The fourth-order valence-corrected chi connectivity index (χ4v) is 2.19.